The number of nitrogens with zero attached hydrogens (tertiary/aromatic N) is 3. The Morgan fingerprint density at radius 1 is 1.31 bits per heavy atom. The predicted octanol–water partition coefficient (Wildman–Crippen LogP) is 2.87. The number of hydrogen-bond acceptors (Lipinski definition) is 7. The highest BCUT2D eigenvalue weighted by Crippen LogP contribution is 2.36. The van der Waals surface area contributed by atoms with E-state index in [2.05, 4.69) is 15.3 Å². The van der Waals surface area contributed by atoms with E-state index in [1.807, 2.05) is 24.6 Å². The van der Waals surface area contributed by atoms with E-state index in [9.17, 15) is 13.5 Å². The van der Waals surface area contributed by atoms with E-state index < -0.39 is 16.1 Å². The third-order valence-electron chi connectivity index (χ3n) is 5.09. The van der Waals surface area contributed by atoms with Crippen LogP contribution in [0.3, 0.4) is 0 Å². The Morgan fingerprint density at radius 3 is 2.72 bits per heavy atom. The van der Waals surface area contributed by atoms with Gasteiger partial charge in [-0.15, -0.1) is 0 Å². The summed E-state index contributed by atoms with van der Waals surface area (Å²) in [6.07, 6.45) is 6.27. The monoisotopic (exact) mass is 416 g/mol. The van der Waals surface area contributed by atoms with Gasteiger partial charge in [0.15, 0.2) is 14.9 Å². The Labute approximate surface area is 169 Å². The van der Waals surface area contributed by atoms with E-state index in [0.29, 0.717) is 23.6 Å². The molecule has 3 aromatic rings. The maximum atomic E-state index is 11.8. The van der Waals surface area contributed by atoms with Crippen molar-refractivity contribution in [1.29, 1.82) is 0 Å². The average molecular weight is 417 g/mol. The number of anilines is 1. The van der Waals surface area contributed by atoms with E-state index in [4.69, 9.17) is 4.74 Å². The van der Waals surface area contributed by atoms with Gasteiger partial charge in [0, 0.05) is 31.4 Å². The fraction of sp³-hybridized carbons (Fsp3) is 0.400. The number of sulfone groups is 1. The number of pyridine rings is 1. The molecule has 1 aliphatic carbocycles. The first-order chi connectivity index (χ1) is 13.8. The van der Waals surface area contributed by atoms with Crippen LogP contribution in [0.4, 0.5) is 5.69 Å². The van der Waals surface area contributed by atoms with Gasteiger partial charge >= 0.3 is 0 Å². The molecule has 0 spiro atoms. The van der Waals surface area contributed by atoms with Crippen LogP contribution in [0.25, 0.3) is 11.0 Å². The molecule has 1 unspecified atom stereocenters. The zero-order chi connectivity index (χ0) is 20.8. The van der Waals surface area contributed by atoms with Gasteiger partial charge in [0.2, 0.25) is 0 Å². The number of aliphatic hydroxyl groups is 1. The Bertz CT molecular complexity index is 1170. The number of benzene rings is 1. The molecule has 0 bridgehead atoms. The topological polar surface area (TPSA) is 106 Å². The lowest BCUT2D eigenvalue weighted by Crippen LogP contribution is -2.20. The van der Waals surface area contributed by atoms with Crippen molar-refractivity contribution in [3.05, 3.63) is 36.3 Å². The van der Waals surface area contributed by atoms with Crippen molar-refractivity contribution >= 4 is 26.6 Å². The van der Waals surface area contributed by atoms with E-state index in [1.54, 1.807) is 18.5 Å². The molecule has 4 rings (SSSR count). The van der Waals surface area contributed by atoms with Crippen LogP contribution in [0.5, 0.6) is 11.5 Å². The van der Waals surface area contributed by atoms with E-state index in [1.165, 1.54) is 6.20 Å². The molecule has 2 heterocycles. The zero-order valence-electron chi connectivity index (χ0n) is 16.6. The zero-order valence-corrected chi connectivity index (χ0v) is 17.4. The maximum Gasteiger partial charge on any atom is 0.192 e. The Hall–Kier alpha value is -2.65. The number of rotatable bonds is 7. The Balaban J connectivity index is 1.71. The Morgan fingerprint density at radius 2 is 2.07 bits per heavy atom. The van der Waals surface area contributed by atoms with Crippen molar-refractivity contribution in [3.8, 4) is 11.5 Å². The molecular formula is C20H24N4O4S. The lowest BCUT2D eigenvalue weighted by atomic mass is 10.2. The molecule has 154 valence electrons. The third-order valence-corrected chi connectivity index (χ3v) is 6.07. The number of aromatic nitrogens is 3. The lowest BCUT2D eigenvalue weighted by molar-refractivity contribution is 0.180. The summed E-state index contributed by atoms with van der Waals surface area (Å²) >= 11 is 0. The first kappa shape index (κ1) is 19.7. The van der Waals surface area contributed by atoms with Crippen molar-refractivity contribution < 1.29 is 18.3 Å². The van der Waals surface area contributed by atoms with Gasteiger partial charge < -0.3 is 19.7 Å². The predicted molar refractivity (Wildman–Crippen MR) is 110 cm³/mol. The van der Waals surface area contributed by atoms with Crippen molar-refractivity contribution in [2.24, 2.45) is 13.0 Å². The number of imidazole rings is 1. The highest BCUT2D eigenvalue weighted by molar-refractivity contribution is 7.90. The summed E-state index contributed by atoms with van der Waals surface area (Å²) in [6, 6.07) is 5.20. The van der Waals surface area contributed by atoms with E-state index in [-0.39, 0.29) is 10.9 Å². The first-order valence-electron chi connectivity index (χ1n) is 9.52. The van der Waals surface area contributed by atoms with Crippen molar-refractivity contribution in [2.45, 2.75) is 37.4 Å². The Kier molecular flexibility index (Phi) is 4.95. The van der Waals surface area contributed by atoms with Crippen LogP contribution in [0.1, 0.15) is 25.3 Å². The third kappa shape index (κ3) is 4.06. The minimum atomic E-state index is -3.39. The second-order valence-electron chi connectivity index (χ2n) is 7.48. The highest BCUT2D eigenvalue weighted by atomic mass is 32.2. The second kappa shape index (κ2) is 7.31. The molecule has 1 aliphatic rings. The van der Waals surface area contributed by atoms with Crippen LogP contribution >= 0.6 is 0 Å². The number of aliphatic hydroxyl groups excluding tert-OH is 1. The minimum Gasteiger partial charge on any atom is -0.455 e. The molecule has 0 aliphatic heterocycles. The van der Waals surface area contributed by atoms with Gasteiger partial charge in [0.1, 0.15) is 23.2 Å². The summed E-state index contributed by atoms with van der Waals surface area (Å²) in [6.45, 7) is 1.93. The summed E-state index contributed by atoms with van der Waals surface area (Å²) in [4.78, 5) is 8.47. The van der Waals surface area contributed by atoms with E-state index in [0.717, 1.165) is 35.7 Å². The van der Waals surface area contributed by atoms with Crippen LogP contribution < -0.4 is 10.1 Å². The summed E-state index contributed by atoms with van der Waals surface area (Å²) < 4.78 is 31.5. The summed E-state index contributed by atoms with van der Waals surface area (Å²) in [5, 5.41) is 13.5. The van der Waals surface area contributed by atoms with Crippen LogP contribution in [0.15, 0.2) is 35.7 Å². The van der Waals surface area contributed by atoms with Gasteiger partial charge in [-0.1, -0.05) is 6.92 Å². The van der Waals surface area contributed by atoms with E-state index >= 15 is 0 Å². The molecule has 1 saturated carbocycles. The van der Waals surface area contributed by atoms with Crippen molar-refractivity contribution in [2.75, 3.05) is 11.6 Å². The van der Waals surface area contributed by atoms with Crippen LogP contribution in [0, 0.1) is 5.92 Å². The number of ether oxygens (including phenoxy) is 1. The summed E-state index contributed by atoms with van der Waals surface area (Å²) in [5.41, 5.74) is 3.04. The largest absolute Gasteiger partial charge is 0.455 e. The molecular weight excluding hydrogens is 392 g/mol. The molecule has 2 aromatic heterocycles. The number of aryl methyl sites for hydroxylation is 2. The molecule has 0 amide bonds. The van der Waals surface area contributed by atoms with Gasteiger partial charge in [-0.3, -0.25) is 0 Å². The van der Waals surface area contributed by atoms with Gasteiger partial charge in [-0.2, -0.15) is 0 Å². The van der Waals surface area contributed by atoms with Gasteiger partial charge in [0.25, 0.3) is 0 Å². The smallest absolute Gasteiger partial charge is 0.192 e. The van der Waals surface area contributed by atoms with Gasteiger partial charge in [0.05, 0.1) is 23.7 Å². The molecule has 0 saturated heterocycles. The molecule has 8 nitrogen and oxygen atoms in total. The van der Waals surface area contributed by atoms with Crippen molar-refractivity contribution in [1.82, 2.24) is 14.5 Å². The maximum absolute atomic E-state index is 11.8. The van der Waals surface area contributed by atoms with Crippen LogP contribution in [0.2, 0.25) is 0 Å². The normalized spacial score (nSPS) is 15.4. The number of fused-ring (bicyclic) bond motifs is 1. The number of nitrogens with one attached hydrogen (secondary N) is 1. The van der Waals surface area contributed by atoms with Crippen molar-refractivity contribution in [3.63, 3.8) is 0 Å². The molecule has 1 atom stereocenters. The summed E-state index contributed by atoms with van der Waals surface area (Å²) in [5.74, 6) is 1.31. The molecule has 29 heavy (non-hydrogen) atoms. The van der Waals surface area contributed by atoms with Gasteiger partial charge in [-0.05, 0) is 30.9 Å². The lowest BCUT2D eigenvalue weighted by Gasteiger charge is -2.16. The molecule has 0 radical (unpaired) electrons. The summed E-state index contributed by atoms with van der Waals surface area (Å²) in [7, 11) is -1.50. The molecule has 9 heteroatoms. The fourth-order valence-corrected chi connectivity index (χ4v) is 3.82. The standard InChI is InChI=1S/C20H24N4O4S/c1-4-12-7-18(29(3,26)27)21-10-17(12)28-14-8-15(23-20(25)13-5-6-13)19-16(9-14)24(2)11-22-19/h7-11,13,20,23,25H,4-6H2,1-3H3. The SMILES string of the molecule is CCc1cc(S(C)(=O)=O)ncc1Oc1cc(NC(O)C2CC2)c2ncn(C)c2c1. The molecule has 2 N–H and O–H groups in total. The quantitative estimate of drug-likeness (QED) is 0.570. The molecule has 1 fully saturated rings. The minimum absolute atomic E-state index is 0.0266. The fourth-order valence-electron chi connectivity index (χ4n) is 3.22. The van der Waals surface area contributed by atoms with Gasteiger partial charge in [-0.25, -0.2) is 18.4 Å². The van der Waals surface area contributed by atoms with Crippen LogP contribution in [-0.2, 0) is 23.3 Å². The highest BCUT2D eigenvalue weighted by Gasteiger charge is 2.30. The number of hydrogen-bond donors (Lipinski definition) is 2. The first-order valence-corrected chi connectivity index (χ1v) is 11.4. The average Bonchev–Trinajstić information content (AvgIpc) is 3.45. The molecule has 1 aromatic carbocycles. The van der Waals surface area contributed by atoms with Crippen LogP contribution in [-0.4, -0.2) is 40.5 Å². The second-order valence-corrected chi connectivity index (χ2v) is 9.44.